The van der Waals surface area contributed by atoms with E-state index in [1.807, 2.05) is 29.6 Å². The number of halogens is 1. The van der Waals surface area contributed by atoms with Gasteiger partial charge in [-0.1, -0.05) is 18.2 Å². The maximum Gasteiger partial charge on any atom is 0.354 e. The Balaban J connectivity index is 1.72. The molecule has 2 N–H and O–H groups in total. The number of anilines is 1. The van der Waals surface area contributed by atoms with E-state index in [1.165, 1.54) is 16.3 Å². The van der Waals surface area contributed by atoms with Crippen molar-refractivity contribution < 1.29 is 14.3 Å². The molecule has 3 rings (SSSR count). The van der Waals surface area contributed by atoms with Crippen LogP contribution in [0.5, 0.6) is 0 Å². The molecule has 0 radical (unpaired) electrons. The Morgan fingerprint density at radius 2 is 2.12 bits per heavy atom. The van der Waals surface area contributed by atoms with E-state index in [1.54, 1.807) is 12.1 Å². The summed E-state index contributed by atoms with van der Waals surface area (Å²) in [5.74, 6) is -1.07. The first-order valence-corrected chi connectivity index (χ1v) is 8.83. The van der Waals surface area contributed by atoms with Gasteiger partial charge in [0.2, 0.25) is 5.91 Å². The zero-order valence-electron chi connectivity index (χ0n) is 12.5. The van der Waals surface area contributed by atoms with E-state index in [0.717, 1.165) is 9.35 Å². The Bertz CT molecular complexity index is 791. The highest BCUT2D eigenvalue weighted by molar-refractivity contribution is 9.11. The largest absolute Gasteiger partial charge is 0.456 e. The van der Waals surface area contributed by atoms with Gasteiger partial charge in [-0.25, -0.2) is 4.79 Å². The molecule has 2 heterocycles. The van der Waals surface area contributed by atoms with Crippen molar-refractivity contribution in [3.8, 4) is 0 Å². The topological polar surface area (TPSA) is 85.0 Å². The smallest absolute Gasteiger partial charge is 0.354 e. The highest BCUT2D eigenvalue weighted by Gasteiger charge is 2.35. The molecule has 1 aliphatic rings. The second-order valence-electron chi connectivity index (χ2n) is 5.18. The van der Waals surface area contributed by atoms with E-state index in [-0.39, 0.29) is 18.7 Å². The normalized spacial score (nSPS) is 16.8. The number of carbonyl (C=O) groups is 2. The summed E-state index contributed by atoms with van der Waals surface area (Å²) < 4.78 is 6.24. The summed E-state index contributed by atoms with van der Waals surface area (Å²) in [4.78, 5) is 23.9. The minimum atomic E-state index is -0.690. The van der Waals surface area contributed by atoms with Gasteiger partial charge in [-0.05, 0) is 39.5 Å². The number of hydrogen-bond donors (Lipinski definition) is 1. The Hall–Kier alpha value is -2.19. The maximum atomic E-state index is 12.2. The number of rotatable bonds is 5. The number of esters is 1. The fraction of sp³-hybridized carbons (Fsp3) is 0.188. The minimum Gasteiger partial charge on any atom is -0.456 e. The molecule has 1 atom stereocenters. The van der Waals surface area contributed by atoms with Gasteiger partial charge in [0.25, 0.3) is 0 Å². The standard InChI is InChI=1S/C16H14BrN3O3S/c17-14-6-10(9-24-14)8-23-16(22)12-7-13(15(18)21)20(19-12)11-4-2-1-3-5-11/h1-6,9,13H,7-8H2,(H2,18,21). The van der Waals surface area contributed by atoms with Crippen molar-refractivity contribution >= 4 is 50.5 Å². The van der Waals surface area contributed by atoms with E-state index < -0.39 is 17.9 Å². The number of para-hydroxylation sites is 1. The Morgan fingerprint density at radius 1 is 1.38 bits per heavy atom. The summed E-state index contributed by atoms with van der Waals surface area (Å²) in [6.07, 6.45) is 0.135. The maximum absolute atomic E-state index is 12.2. The molecule has 124 valence electrons. The zero-order valence-corrected chi connectivity index (χ0v) is 14.9. The highest BCUT2D eigenvalue weighted by Crippen LogP contribution is 2.25. The van der Waals surface area contributed by atoms with Crippen LogP contribution in [0, 0.1) is 0 Å². The van der Waals surface area contributed by atoms with Crippen LogP contribution in [-0.4, -0.2) is 23.6 Å². The van der Waals surface area contributed by atoms with Crippen molar-refractivity contribution in [3.05, 3.63) is 51.1 Å². The number of ether oxygens (including phenoxy) is 1. The van der Waals surface area contributed by atoms with Crippen molar-refractivity contribution in [1.82, 2.24) is 0 Å². The number of hydrogen-bond acceptors (Lipinski definition) is 6. The summed E-state index contributed by atoms with van der Waals surface area (Å²) >= 11 is 4.88. The molecule has 1 aliphatic heterocycles. The van der Waals surface area contributed by atoms with Crippen molar-refractivity contribution in [2.75, 3.05) is 5.01 Å². The molecule has 0 spiro atoms. The molecule has 1 unspecified atom stereocenters. The van der Waals surface area contributed by atoms with E-state index in [4.69, 9.17) is 10.5 Å². The van der Waals surface area contributed by atoms with Crippen LogP contribution in [-0.2, 0) is 20.9 Å². The number of amides is 1. The third kappa shape index (κ3) is 3.65. The molecule has 1 aromatic carbocycles. The van der Waals surface area contributed by atoms with Gasteiger partial charge >= 0.3 is 5.97 Å². The van der Waals surface area contributed by atoms with Crippen molar-refractivity contribution in [3.63, 3.8) is 0 Å². The molecule has 2 aromatic rings. The summed E-state index contributed by atoms with van der Waals surface area (Å²) in [5, 5.41) is 7.62. The van der Waals surface area contributed by atoms with Crippen LogP contribution in [0.3, 0.4) is 0 Å². The van der Waals surface area contributed by atoms with Crippen LogP contribution in [0.15, 0.2) is 50.7 Å². The van der Waals surface area contributed by atoms with E-state index >= 15 is 0 Å². The van der Waals surface area contributed by atoms with Gasteiger partial charge in [0.05, 0.1) is 9.47 Å². The van der Waals surface area contributed by atoms with Crippen LogP contribution >= 0.6 is 27.3 Å². The van der Waals surface area contributed by atoms with Crippen molar-refractivity contribution in [1.29, 1.82) is 0 Å². The lowest BCUT2D eigenvalue weighted by Gasteiger charge is -2.20. The SMILES string of the molecule is NC(=O)C1CC(C(=O)OCc2csc(Br)c2)=NN1c1ccccc1. The minimum absolute atomic E-state index is 0.135. The number of benzene rings is 1. The lowest BCUT2D eigenvalue weighted by Crippen LogP contribution is -2.39. The van der Waals surface area contributed by atoms with Gasteiger partial charge in [-0.15, -0.1) is 11.3 Å². The second kappa shape index (κ2) is 7.14. The number of hydrazone groups is 1. The van der Waals surface area contributed by atoms with E-state index in [0.29, 0.717) is 5.69 Å². The van der Waals surface area contributed by atoms with Crippen LogP contribution in [0.25, 0.3) is 0 Å². The van der Waals surface area contributed by atoms with Gasteiger partial charge < -0.3 is 10.5 Å². The predicted octanol–water partition coefficient (Wildman–Crippen LogP) is 2.67. The quantitative estimate of drug-likeness (QED) is 0.771. The zero-order chi connectivity index (χ0) is 17.1. The first-order valence-electron chi connectivity index (χ1n) is 7.15. The highest BCUT2D eigenvalue weighted by atomic mass is 79.9. The first kappa shape index (κ1) is 16.7. The molecule has 6 nitrogen and oxygen atoms in total. The average Bonchev–Trinajstić information content (AvgIpc) is 3.20. The monoisotopic (exact) mass is 407 g/mol. The molecule has 0 aliphatic carbocycles. The van der Waals surface area contributed by atoms with E-state index in [9.17, 15) is 9.59 Å². The number of nitrogens with zero attached hydrogens (tertiary/aromatic N) is 2. The summed E-state index contributed by atoms with van der Waals surface area (Å²) in [5.41, 5.74) is 7.23. The molecule has 0 saturated carbocycles. The van der Waals surface area contributed by atoms with Crippen molar-refractivity contribution in [2.45, 2.75) is 19.1 Å². The van der Waals surface area contributed by atoms with Gasteiger partial charge in [0, 0.05) is 12.0 Å². The van der Waals surface area contributed by atoms with Crippen LogP contribution in [0.4, 0.5) is 5.69 Å². The Morgan fingerprint density at radius 3 is 2.75 bits per heavy atom. The number of thiophene rings is 1. The molecule has 24 heavy (non-hydrogen) atoms. The van der Waals surface area contributed by atoms with Crippen molar-refractivity contribution in [2.24, 2.45) is 10.8 Å². The number of primary amides is 1. The predicted molar refractivity (Wildman–Crippen MR) is 95.8 cm³/mol. The molecule has 0 saturated heterocycles. The molecule has 8 heteroatoms. The second-order valence-corrected chi connectivity index (χ2v) is 7.47. The Labute approximate surface area is 151 Å². The lowest BCUT2D eigenvalue weighted by atomic mass is 10.1. The molecule has 0 bridgehead atoms. The van der Waals surface area contributed by atoms with Gasteiger partial charge in [-0.2, -0.15) is 5.10 Å². The average molecular weight is 408 g/mol. The summed E-state index contributed by atoms with van der Waals surface area (Å²) in [7, 11) is 0. The third-order valence-electron chi connectivity index (χ3n) is 3.49. The summed E-state index contributed by atoms with van der Waals surface area (Å²) in [6.45, 7) is 0.159. The fourth-order valence-corrected chi connectivity index (χ4v) is 3.52. The van der Waals surface area contributed by atoms with E-state index in [2.05, 4.69) is 21.0 Å². The number of nitrogens with two attached hydrogens (primary N) is 1. The molecule has 1 aromatic heterocycles. The molecule has 1 amide bonds. The van der Waals surface area contributed by atoms with Crippen LogP contribution in [0.1, 0.15) is 12.0 Å². The van der Waals surface area contributed by atoms with Gasteiger partial charge in [-0.3, -0.25) is 9.80 Å². The van der Waals surface area contributed by atoms with Gasteiger partial charge in [0.1, 0.15) is 18.4 Å². The lowest BCUT2D eigenvalue weighted by molar-refractivity contribution is -0.136. The third-order valence-corrected chi connectivity index (χ3v) is 5.04. The van der Waals surface area contributed by atoms with Gasteiger partial charge in [0.15, 0.2) is 0 Å². The van der Waals surface area contributed by atoms with Crippen LogP contribution < -0.4 is 10.7 Å². The molecular weight excluding hydrogens is 394 g/mol. The fourth-order valence-electron chi connectivity index (χ4n) is 2.33. The Kier molecular flexibility index (Phi) is 4.96. The number of carbonyl (C=O) groups excluding carboxylic acids is 2. The molecule has 0 fully saturated rings. The summed E-state index contributed by atoms with van der Waals surface area (Å²) in [6, 6.07) is 10.3. The van der Waals surface area contributed by atoms with Crippen LogP contribution in [0.2, 0.25) is 0 Å². The first-order chi connectivity index (χ1) is 11.5. The molecular formula is C16H14BrN3O3S.